The lowest BCUT2D eigenvalue weighted by molar-refractivity contribution is 0.102. The first-order chi connectivity index (χ1) is 8.97. The Morgan fingerprint density at radius 3 is 2.47 bits per heavy atom. The second-order valence-corrected chi connectivity index (χ2v) is 5.38. The zero-order valence-corrected chi connectivity index (χ0v) is 12.5. The van der Waals surface area contributed by atoms with Crippen LogP contribution in [0.1, 0.15) is 10.4 Å². The van der Waals surface area contributed by atoms with Crippen LogP contribution in [0.25, 0.3) is 0 Å². The van der Waals surface area contributed by atoms with Crippen LogP contribution in [0.15, 0.2) is 40.9 Å². The molecule has 1 amide bonds. The molecule has 6 heteroatoms. The van der Waals surface area contributed by atoms with Gasteiger partial charge >= 0.3 is 0 Å². The molecule has 0 aromatic heterocycles. The third-order valence-electron chi connectivity index (χ3n) is 2.36. The van der Waals surface area contributed by atoms with E-state index in [1.54, 1.807) is 18.2 Å². The van der Waals surface area contributed by atoms with Gasteiger partial charge in [0, 0.05) is 11.3 Å². The number of benzene rings is 2. The standard InChI is InChI=1S/C13H7BrCl2FNO/c14-9-5-7(1-4-12(9)17)13(19)18-8-2-3-10(15)11(16)6-8/h1-6H,(H,18,19). The fourth-order valence-electron chi connectivity index (χ4n) is 1.41. The van der Waals surface area contributed by atoms with Crippen LogP contribution in [-0.4, -0.2) is 5.91 Å². The average Bonchev–Trinajstić information content (AvgIpc) is 2.37. The van der Waals surface area contributed by atoms with E-state index in [-0.39, 0.29) is 10.4 Å². The summed E-state index contributed by atoms with van der Waals surface area (Å²) < 4.78 is 13.3. The van der Waals surface area contributed by atoms with Crippen LogP contribution in [0.2, 0.25) is 10.0 Å². The van der Waals surface area contributed by atoms with E-state index >= 15 is 0 Å². The first kappa shape index (κ1) is 14.3. The highest BCUT2D eigenvalue weighted by atomic mass is 79.9. The molecule has 2 aromatic rings. The quantitative estimate of drug-likeness (QED) is 0.786. The molecule has 0 aliphatic heterocycles. The van der Waals surface area contributed by atoms with Crippen LogP contribution in [0.5, 0.6) is 0 Å². The molecular weight excluding hydrogens is 356 g/mol. The van der Waals surface area contributed by atoms with Gasteiger partial charge in [0.15, 0.2) is 0 Å². The van der Waals surface area contributed by atoms with Gasteiger partial charge in [-0.3, -0.25) is 4.79 Å². The van der Waals surface area contributed by atoms with Gasteiger partial charge in [-0.1, -0.05) is 23.2 Å². The van der Waals surface area contributed by atoms with Crippen molar-refractivity contribution in [3.8, 4) is 0 Å². The number of hydrogen-bond acceptors (Lipinski definition) is 1. The molecular formula is C13H7BrCl2FNO. The number of anilines is 1. The van der Waals surface area contributed by atoms with Crippen molar-refractivity contribution in [3.05, 3.63) is 62.3 Å². The van der Waals surface area contributed by atoms with Gasteiger partial charge in [-0.05, 0) is 52.3 Å². The molecule has 0 bridgehead atoms. The molecule has 0 saturated carbocycles. The molecule has 2 aromatic carbocycles. The zero-order valence-electron chi connectivity index (χ0n) is 9.38. The number of amides is 1. The van der Waals surface area contributed by atoms with Crippen molar-refractivity contribution in [2.75, 3.05) is 5.32 Å². The van der Waals surface area contributed by atoms with Gasteiger partial charge < -0.3 is 5.32 Å². The number of hydrogen-bond donors (Lipinski definition) is 1. The van der Waals surface area contributed by atoms with E-state index in [9.17, 15) is 9.18 Å². The van der Waals surface area contributed by atoms with Gasteiger partial charge in [0.1, 0.15) is 5.82 Å². The van der Waals surface area contributed by atoms with E-state index in [1.165, 1.54) is 18.2 Å². The van der Waals surface area contributed by atoms with Gasteiger partial charge in [-0.25, -0.2) is 4.39 Å². The number of nitrogens with one attached hydrogen (secondary N) is 1. The van der Waals surface area contributed by atoms with E-state index in [1.807, 2.05) is 0 Å². The van der Waals surface area contributed by atoms with Gasteiger partial charge in [-0.2, -0.15) is 0 Å². The normalized spacial score (nSPS) is 10.3. The molecule has 0 atom stereocenters. The van der Waals surface area contributed by atoms with Crippen molar-refractivity contribution in [1.82, 2.24) is 0 Å². The topological polar surface area (TPSA) is 29.1 Å². The molecule has 0 heterocycles. The van der Waals surface area contributed by atoms with Crippen molar-refractivity contribution < 1.29 is 9.18 Å². The molecule has 98 valence electrons. The number of carbonyl (C=O) groups excluding carboxylic acids is 1. The molecule has 0 radical (unpaired) electrons. The minimum atomic E-state index is -0.425. The number of rotatable bonds is 2. The number of carbonyl (C=O) groups is 1. The molecule has 0 unspecified atom stereocenters. The highest BCUT2D eigenvalue weighted by molar-refractivity contribution is 9.10. The fourth-order valence-corrected chi connectivity index (χ4v) is 2.09. The first-order valence-corrected chi connectivity index (χ1v) is 6.74. The summed E-state index contributed by atoms with van der Waals surface area (Å²) in [6.45, 7) is 0. The molecule has 19 heavy (non-hydrogen) atoms. The summed E-state index contributed by atoms with van der Waals surface area (Å²) in [6.07, 6.45) is 0. The highest BCUT2D eigenvalue weighted by Crippen LogP contribution is 2.25. The summed E-state index contributed by atoms with van der Waals surface area (Å²) in [7, 11) is 0. The second kappa shape index (κ2) is 5.90. The van der Waals surface area contributed by atoms with Crippen LogP contribution >= 0.6 is 39.1 Å². The Hall–Kier alpha value is -1.10. The molecule has 1 N–H and O–H groups in total. The van der Waals surface area contributed by atoms with Crippen LogP contribution in [0.3, 0.4) is 0 Å². The summed E-state index contributed by atoms with van der Waals surface area (Å²) in [4.78, 5) is 11.9. The van der Waals surface area contributed by atoms with Crippen molar-refractivity contribution in [3.63, 3.8) is 0 Å². The predicted molar refractivity (Wildman–Crippen MR) is 78.5 cm³/mol. The molecule has 0 aliphatic rings. The minimum Gasteiger partial charge on any atom is -0.322 e. The van der Waals surface area contributed by atoms with E-state index in [2.05, 4.69) is 21.2 Å². The average molecular weight is 363 g/mol. The maximum absolute atomic E-state index is 13.1. The largest absolute Gasteiger partial charge is 0.322 e. The van der Waals surface area contributed by atoms with Crippen LogP contribution in [0.4, 0.5) is 10.1 Å². The van der Waals surface area contributed by atoms with Gasteiger partial charge in [-0.15, -0.1) is 0 Å². The van der Waals surface area contributed by atoms with Crippen molar-refractivity contribution >= 4 is 50.7 Å². The Kier molecular flexibility index (Phi) is 4.45. The zero-order chi connectivity index (χ0) is 14.0. The molecule has 0 saturated heterocycles. The van der Waals surface area contributed by atoms with Crippen molar-refractivity contribution in [2.45, 2.75) is 0 Å². The maximum atomic E-state index is 13.1. The summed E-state index contributed by atoms with van der Waals surface area (Å²) in [6, 6.07) is 8.77. The Bertz CT molecular complexity index is 649. The van der Waals surface area contributed by atoms with Crippen LogP contribution < -0.4 is 5.32 Å². The van der Waals surface area contributed by atoms with Crippen LogP contribution in [0, 0.1) is 5.82 Å². The van der Waals surface area contributed by atoms with Crippen LogP contribution in [-0.2, 0) is 0 Å². The van der Waals surface area contributed by atoms with Crippen molar-refractivity contribution in [2.24, 2.45) is 0 Å². The Morgan fingerprint density at radius 1 is 1.11 bits per heavy atom. The Morgan fingerprint density at radius 2 is 1.84 bits per heavy atom. The molecule has 0 fully saturated rings. The first-order valence-electron chi connectivity index (χ1n) is 5.19. The Labute approximate surface area is 127 Å². The third-order valence-corrected chi connectivity index (χ3v) is 3.71. The lowest BCUT2D eigenvalue weighted by Crippen LogP contribution is -2.11. The molecule has 0 aliphatic carbocycles. The van der Waals surface area contributed by atoms with Crippen molar-refractivity contribution in [1.29, 1.82) is 0 Å². The predicted octanol–water partition coefficient (Wildman–Crippen LogP) is 5.15. The third kappa shape index (κ3) is 3.47. The minimum absolute atomic E-state index is 0.231. The summed E-state index contributed by atoms with van der Waals surface area (Å²) >= 11 is 14.7. The lowest BCUT2D eigenvalue weighted by Gasteiger charge is -2.07. The lowest BCUT2D eigenvalue weighted by atomic mass is 10.2. The van der Waals surface area contributed by atoms with Gasteiger partial charge in [0.05, 0.1) is 14.5 Å². The monoisotopic (exact) mass is 361 g/mol. The summed E-state index contributed by atoms with van der Waals surface area (Å²) in [5.74, 6) is -0.787. The van der Waals surface area contributed by atoms with E-state index < -0.39 is 5.82 Å². The summed E-state index contributed by atoms with van der Waals surface area (Å²) in [5, 5.41) is 3.40. The summed E-state index contributed by atoms with van der Waals surface area (Å²) in [5.41, 5.74) is 0.846. The molecule has 0 spiro atoms. The van der Waals surface area contributed by atoms with E-state index in [4.69, 9.17) is 23.2 Å². The van der Waals surface area contributed by atoms with E-state index in [0.29, 0.717) is 21.3 Å². The Balaban J connectivity index is 2.20. The fraction of sp³-hybridized carbons (Fsp3) is 0. The number of halogens is 4. The van der Waals surface area contributed by atoms with E-state index in [0.717, 1.165) is 0 Å². The van der Waals surface area contributed by atoms with Gasteiger partial charge in [0.25, 0.3) is 5.91 Å². The SMILES string of the molecule is O=C(Nc1ccc(Cl)c(Cl)c1)c1ccc(F)c(Br)c1. The smallest absolute Gasteiger partial charge is 0.255 e. The van der Waals surface area contributed by atoms with Gasteiger partial charge in [0.2, 0.25) is 0 Å². The molecule has 2 nitrogen and oxygen atoms in total. The molecule has 2 rings (SSSR count). The highest BCUT2D eigenvalue weighted by Gasteiger charge is 2.09. The maximum Gasteiger partial charge on any atom is 0.255 e. The second-order valence-electron chi connectivity index (χ2n) is 3.71.